The molecule has 0 unspecified atom stereocenters. The predicted octanol–water partition coefficient (Wildman–Crippen LogP) is 4.64. The molecule has 0 aliphatic carbocycles. The number of nitrogens with one attached hydrogen (secondary N) is 1. The molecule has 0 radical (unpaired) electrons. The number of aryl methyl sites for hydroxylation is 3. The van der Waals surface area contributed by atoms with E-state index in [0.29, 0.717) is 12.8 Å². The average molecular weight is 313 g/mol. The van der Waals surface area contributed by atoms with E-state index in [2.05, 4.69) is 44.3 Å². The third-order valence-corrected chi connectivity index (χ3v) is 4.10. The van der Waals surface area contributed by atoms with Crippen molar-refractivity contribution in [3.05, 3.63) is 70.5 Å². The SMILES string of the molecule is CC[C@@H](NC(=O)CCc1ccc(F)cc1)c1ccc(C)cc1C. The fourth-order valence-electron chi connectivity index (χ4n) is 2.79. The number of halogens is 1. The zero-order valence-corrected chi connectivity index (χ0v) is 14.0. The predicted molar refractivity (Wildman–Crippen MR) is 91.8 cm³/mol. The second-order valence-electron chi connectivity index (χ2n) is 6.01. The smallest absolute Gasteiger partial charge is 0.220 e. The van der Waals surface area contributed by atoms with Crippen LogP contribution in [-0.4, -0.2) is 5.91 Å². The van der Waals surface area contributed by atoms with Gasteiger partial charge in [0.2, 0.25) is 5.91 Å². The van der Waals surface area contributed by atoms with Gasteiger partial charge in [-0.3, -0.25) is 4.79 Å². The molecule has 0 aliphatic heterocycles. The molecule has 1 N–H and O–H groups in total. The van der Waals surface area contributed by atoms with E-state index in [4.69, 9.17) is 0 Å². The first-order valence-electron chi connectivity index (χ1n) is 8.10. The molecule has 2 aromatic carbocycles. The summed E-state index contributed by atoms with van der Waals surface area (Å²) in [5.74, 6) is -0.222. The summed E-state index contributed by atoms with van der Waals surface area (Å²) in [4.78, 5) is 12.2. The Morgan fingerprint density at radius 1 is 1.13 bits per heavy atom. The van der Waals surface area contributed by atoms with Crippen LogP contribution >= 0.6 is 0 Å². The molecule has 3 heteroatoms. The van der Waals surface area contributed by atoms with Crippen LogP contribution in [0.2, 0.25) is 0 Å². The Bertz CT molecular complexity index is 664. The van der Waals surface area contributed by atoms with Crippen LogP contribution in [0.25, 0.3) is 0 Å². The Labute approximate surface area is 137 Å². The first-order valence-corrected chi connectivity index (χ1v) is 8.10. The number of amides is 1. The molecule has 0 spiro atoms. The summed E-state index contributed by atoms with van der Waals surface area (Å²) in [5, 5.41) is 3.11. The summed E-state index contributed by atoms with van der Waals surface area (Å²) < 4.78 is 12.9. The third kappa shape index (κ3) is 4.92. The highest BCUT2D eigenvalue weighted by atomic mass is 19.1. The maximum atomic E-state index is 12.9. The van der Waals surface area contributed by atoms with Gasteiger partial charge in [-0.1, -0.05) is 42.8 Å². The van der Waals surface area contributed by atoms with Crippen LogP contribution in [0.4, 0.5) is 4.39 Å². The first kappa shape index (κ1) is 17.2. The van der Waals surface area contributed by atoms with Crippen molar-refractivity contribution in [3.8, 4) is 0 Å². The van der Waals surface area contributed by atoms with Crippen molar-refractivity contribution in [2.75, 3.05) is 0 Å². The summed E-state index contributed by atoms with van der Waals surface area (Å²) in [6, 6.07) is 12.7. The number of benzene rings is 2. The quantitative estimate of drug-likeness (QED) is 0.827. The van der Waals surface area contributed by atoms with E-state index in [1.54, 1.807) is 12.1 Å². The zero-order valence-electron chi connectivity index (χ0n) is 14.0. The number of hydrogen-bond donors (Lipinski definition) is 1. The van der Waals surface area contributed by atoms with Crippen LogP contribution in [0.3, 0.4) is 0 Å². The molecule has 0 aromatic heterocycles. The number of hydrogen-bond acceptors (Lipinski definition) is 1. The van der Waals surface area contributed by atoms with Crippen molar-refractivity contribution < 1.29 is 9.18 Å². The van der Waals surface area contributed by atoms with Gasteiger partial charge in [0.05, 0.1) is 6.04 Å². The maximum Gasteiger partial charge on any atom is 0.220 e. The van der Waals surface area contributed by atoms with Gasteiger partial charge in [0.15, 0.2) is 0 Å². The standard InChI is InChI=1S/C20H24FNO/c1-4-19(18-11-5-14(2)13-15(18)3)22-20(23)12-8-16-6-9-17(21)10-7-16/h5-7,9-11,13,19H,4,8,12H2,1-3H3,(H,22,23)/t19-/m1/s1. The molecule has 2 rings (SSSR count). The second-order valence-corrected chi connectivity index (χ2v) is 6.01. The van der Waals surface area contributed by atoms with Gasteiger partial charge in [0, 0.05) is 6.42 Å². The first-order chi connectivity index (χ1) is 11.0. The molecule has 1 amide bonds. The molecule has 2 nitrogen and oxygen atoms in total. The fraction of sp³-hybridized carbons (Fsp3) is 0.350. The van der Waals surface area contributed by atoms with Crippen LogP contribution in [-0.2, 0) is 11.2 Å². The number of carbonyl (C=O) groups is 1. The van der Waals surface area contributed by atoms with Gasteiger partial charge < -0.3 is 5.32 Å². The van der Waals surface area contributed by atoms with Gasteiger partial charge in [0.25, 0.3) is 0 Å². The summed E-state index contributed by atoms with van der Waals surface area (Å²) in [6.45, 7) is 6.22. The van der Waals surface area contributed by atoms with E-state index in [1.165, 1.54) is 28.8 Å². The monoisotopic (exact) mass is 313 g/mol. The largest absolute Gasteiger partial charge is 0.349 e. The molecule has 0 fully saturated rings. The summed E-state index contributed by atoms with van der Waals surface area (Å²) in [6.07, 6.45) is 1.88. The normalized spacial score (nSPS) is 12.0. The summed E-state index contributed by atoms with van der Waals surface area (Å²) >= 11 is 0. The Morgan fingerprint density at radius 3 is 2.43 bits per heavy atom. The Hall–Kier alpha value is -2.16. The van der Waals surface area contributed by atoms with Gasteiger partial charge in [-0.2, -0.15) is 0 Å². The Morgan fingerprint density at radius 2 is 1.83 bits per heavy atom. The lowest BCUT2D eigenvalue weighted by molar-refractivity contribution is -0.121. The van der Waals surface area contributed by atoms with Gasteiger partial charge in [-0.25, -0.2) is 4.39 Å². The molecule has 0 saturated carbocycles. The van der Waals surface area contributed by atoms with E-state index in [1.807, 2.05) is 0 Å². The molecule has 23 heavy (non-hydrogen) atoms. The molecule has 0 heterocycles. The topological polar surface area (TPSA) is 29.1 Å². The zero-order chi connectivity index (χ0) is 16.8. The lowest BCUT2D eigenvalue weighted by Crippen LogP contribution is -2.28. The van der Waals surface area contributed by atoms with Crippen molar-refractivity contribution in [2.45, 2.75) is 46.1 Å². The van der Waals surface area contributed by atoms with Crippen LogP contribution in [0.15, 0.2) is 42.5 Å². The van der Waals surface area contributed by atoms with Crippen LogP contribution in [0.5, 0.6) is 0 Å². The Balaban J connectivity index is 1.95. The van der Waals surface area contributed by atoms with E-state index < -0.39 is 0 Å². The van der Waals surface area contributed by atoms with Crippen LogP contribution in [0, 0.1) is 19.7 Å². The van der Waals surface area contributed by atoms with E-state index in [0.717, 1.165) is 12.0 Å². The molecule has 0 aliphatic rings. The van der Waals surface area contributed by atoms with Gasteiger partial charge >= 0.3 is 0 Å². The minimum absolute atomic E-state index is 0.0288. The third-order valence-electron chi connectivity index (χ3n) is 4.10. The van der Waals surface area contributed by atoms with Crippen molar-refractivity contribution in [3.63, 3.8) is 0 Å². The molecule has 0 saturated heterocycles. The highest BCUT2D eigenvalue weighted by Gasteiger charge is 2.14. The Kier molecular flexibility index (Phi) is 5.91. The molecular formula is C20H24FNO. The summed E-state index contributed by atoms with van der Waals surface area (Å²) in [5.41, 5.74) is 4.58. The highest BCUT2D eigenvalue weighted by molar-refractivity contribution is 5.76. The molecular weight excluding hydrogens is 289 g/mol. The van der Waals surface area contributed by atoms with Crippen molar-refractivity contribution in [1.82, 2.24) is 5.32 Å². The second kappa shape index (κ2) is 7.91. The van der Waals surface area contributed by atoms with E-state index in [-0.39, 0.29) is 17.8 Å². The minimum Gasteiger partial charge on any atom is -0.349 e. The highest BCUT2D eigenvalue weighted by Crippen LogP contribution is 2.22. The minimum atomic E-state index is -0.251. The maximum absolute atomic E-state index is 12.9. The number of rotatable bonds is 6. The molecule has 0 bridgehead atoms. The lowest BCUT2D eigenvalue weighted by Gasteiger charge is -2.20. The van der Waals surface area contributed by atoms with Crippen LogP contribution < -0.4 is 5.32 Å². The van der Waals surface area contributed by atoms with Crippen LogP contribution in [0.1, 0.15) is 48.1 Å². The molecule has 122 valence electrons. The van der Waals surface area contributed by atoms with Crippen molar-refractivity contribution in [2.24, 2.45) is 0 Å². The number of carbonyl (C=O) groups excluding carboxylic acids is 1. The van der Waals surface area contributed by atoms with Gasteiger partial charge in [0.1, 0.15) is 5.82 Å². The van der Waals surface area contributed by atoms with E-state index in [9.17, 15) is 9.18 Å². The molecule has 2 aromatic rings. The van der Waals surface area contributed by atoms with Gasteiger partial charge in [-0.15, -0.1) is 0 Å². The van der Waals surface area contributed by atoms with E-state index >= 15 is 0 Å². The molecule has 1 atom stereocenters. The lowest BCUT2D eigenvalue weighted by atomic mass is 9.97. The average Bonchev–Trinajstić information content (AvgIpc) is 2.52. The van der Waals surface area contributed by atoms with Gasteiger partial charge in [-0.05, 0) is 55.5 Å². The van der Waals surface area contributed by atoms with Crippen molar-refractivity contribution in [1.29, 1.82) is 0 Å². The summed E-state index contributed by atoms with van der Waals surface area (Å²) in [7, 11) is 0. The van der Waals surface area contributed by atoms with Crippen molar-refractivity contribution >= 4 is 5.91 Å². The fourth-order valence-corrected chi connectivity index (χ4v) is 2.79.